The van der Waals surface area contributed by atoms with Crippen molar-refractivity contribution < 1.29 is 14.3 Å². The molecule has 2 aromatic rings. The molecule has 0 N–H and O–H groups in total. The molecule has 4 nitrogen and oxygen atoms in total. The first-order chi connectivity index (χ1) is 13.2. The van der Waals surface area contributed by atoms with Crippen LogP contribution in [0.2, 0.25) is 5.15 Å². The summed E-state index contributed by atoms with van der Waals surface area (Å²) in [5.41, 5.74) is 1.23. The molecule has 0 saturated carbocycles. The number of carbonyl (C=O) groups is 1. The minimum Gasteiger partial charge on any atom is -0.426 e. The molecule has 1 fully saturated rings. The van der Waals surface area contributed by atoms with E-state index in [0.717, 1.165) is 37.2 Å². The topological polar surface area (TPSA) is 48.4 Å². The molecule has 0 bridgehead atoms. The van der Waals surface area contributed by atoms with Gasteiger partial charge in [-0.2, -0.15) is 0 Å². The number of ether oxygens (including phenoxy) is 2. The Bertz CT molecular complexity index is 705. The number of rotatable bonds is 8. The molecule has 1 saturated heterocycles. The van der Waals surface area contributed by atoms with Crippen molar-refractivity contribution in [1.82, 2.24) is 4.98 Å². The zero-order valence-corrected chi connectivity index (χ0v) is 16.8. The van der Waals surface area contributed by atoms with Crippen molar-refractivity contribution >= 4 is 29.3 Å². The molecule has 0 aliphatic carbocycles. The quantitative estimate of drug-likeness (QED) is 0.345. The van der Waals surface area contributed by atoms with Crippen LogP contribution in [0, 0.1) is 5.92 Å². The van der Waals surface area contributed by atoms with Gasteiger partial charge in [0.05, 0.1) is 5.92 Å². The van der Waals surface area contributed by atoms with Crippen LogP contribution in [-0.2, 0) is 16.0 Å². The van der Waals surface area contributed by atoms with E-state index in [1.54, 1.807) is 36.2 Å². The van der Waals surface area contributed by atoms with E-state index in [-0.39, 0.29) is 17.3 Å². The summed E-state index contributed by atoms with van der Waals surface area (Å²) in [7, 11) is 0. The van der Waals surface area contributed by atoms with Crippen LogP contribution in [0.4, 0.5) is 0 Å². The molecule has 27 heavy (non-hydrogen) atoms. The zero-order chi connectivity index (χ0) is 18.9. The normalized spacial score (nSPS) is 18.0. The van der Waals surface area contributed by atoms with E-state index < -0.39 is 0 Å². The van der Waals surface area contributed by atoms with Crippen LogP contribution in [0.15, 0.2) is 48.7 Å². The second-order valence-electron chi connectivity index (χ2n) is 6.58. The predicted octanol–water partition coefficient (Wildman–Crippen LogP) is 5.15. The minimum atomic E-state index is -0.232. The monoisotopic (exact) mass is 405 g/mol. The molecule has 1 aromatic heterocycles. The van der Waals surface area contributed by atoms with Crippen molar-refractivity contribution in [3.8, 4) is 5.75 Å². The van der Waals surface area contributed by atoms with Gasteiger partial charge in [-0.15, -0.1) is 11.8 Å². The van der Waals surface area contributed by atoms with Gasteiger partial charge in [0.2, 0.25) is 0 Å². The zero-order valence-electron chi connectivity index (χ0n) is 15.2. The highest BCUT2D eigenvalue weighted by Gasteiger charge is 2.23. The molecule has 0 spiro atoms. The Morgan fingerprint density at radius 2 is 2.11 bits per heavy atom. The number of carbonyl (C=O) groups excluding carboxylic acids is 1. The van der Waals surface area contributed by atoms with E-state index in [1.807, 2.05) is 24.3 Å². The Kier molecular flexibility index (Phi) is 7.99. The standard InChI is InChI=1S/C21H24ClNO3S/c22-19-10-9-16(15-23-19)14-17(11-13-27-20-8-4-5-12-25-20)21(24)26-18-6-2-1-3-7-18/h1-3,6-7,9-10,15,17,20H,4-5,8,11-14H2. The van der Waals surface area contributed by atoms with Crippen molar-refractivity contribution in [3.63, 3.8) is 0 Å². The van der Waals surface area contributed by atoms with Crippen LogP contribution in [0.1, 0.15) is 31.2 Å². The smallest absolute Gasteiger partial charge is 0.314 e. The molecule has 2 atom stereocenters. The Morgan fingerprint density at radius 3 is 2.81 bits per heavy atom. The summed E-state index contributed by atoms with van der Waals surface area (Å²) >= 11 is 7.66. The van der Waals surface area contributed by atoms with Gasteiger partial charge in [-0.25, -0.2) is 4.98 Å². The van der Waals surface area contributed by atoms with Gasteiger partial charge in [-0.05, 0) is 61.6 Å². The van der Waals surface area contributed by atoms with E-state index in [0.29, 0.717) is 17.3 Å². The van der Waals surface area contributed by atoms with E-state index in [4.69, 9.17) is 21.1 Å². The third-order valence-corrected chi connectivity index (χ3v) is 5.91. The van der Waals surface area contributed by atoms with Gasteiger partial charge < -0.3 is 9.47 Å². The molecule has 2 unspecified atom stereocenters. The fourth-order valence-electron chi connectivity index (χ4n) is 2.99. The average Bonchev–Trinajstić information content (AvgIpc) is 2.70. The fraction of sp³-hybridized carbons (Fsp3) is 0.429. The van der Waals surface area contributed by atoms with Crippen molar-refractivity contribution in [2.24, 2.45) is 5.92 Å². The van der Waals surface area contributed by atoms with Gasteiger partial charge in [0.25, 0.3) is 0 Å². The largest absolute Gasteiger partial charge is 0.426 e. The van der Waals surface area contributed by atoms with Gasteiger partial charge in [0, 0.05) is 12.8 Å². The average molecular weight is 406 g/mol. The molecule has 6 heteroatoms. The van der Waals surface area contributed by atoms with Gasteiger partial charge in [-0.3, -0.25) is 4.79 Å². The second-order valence-corrected chi connectivity index (χ2v) is 8.23. The number of pyridine rings is 1. The van der Waals surface area contributed by atoms with Crippen molar-refractivity contribution in [2.75, 3.05) is 12.4 Å². The number of esters is 1. The molecule has 1 aliphatic rings. The number of para-hydroxylation sites is 1. The molecule has 2 heterocycles. The molecule has 0 amide bonds. The number of hydrogen-bond acceptors (Lipinski definition) is 5. The maximum atomic E-state index is 12.8. The molecule has 1 aromatic carbocycles. The van der Waals surface area contributed by atoms with Gasteiger partial charge in [0.1, 0.15) is 16.3 Å². The lowest BCUT2D eigenvalue weighted by Crippen LogP contribution is -2.24. The van der Waals surface area contributed by atoms with Crippen LogP contribution in [0.5, 0.6) is 5.75 Å². The molecule has 144 valence electrons. The highest BCUT2D eigenvalue weighted by atomic mass is 35.5. The molecule has 3 rings (SSSR count). The summed E-state index contributed by atoms with van der Waals surface area (Å²) in [6, 6.07) is 12.9. The molecule has 1 aliphatic heterocycles. The van der Waals surface area contributed by atoms with Crippen molar-refractivity contribution in [1.29, 1.82) is 0 Å². The molecular formula is C21H24ClNO3S. The minimum absolute atomic E-state index is 0.207. The van der Waals surface area contributed by atoms with Crippen LogP contribution in [0.3, 0.4) is 0 Å². The van der Waals surface area contributed by atoms with Gasteiger partial charge in [0.15, 0.2) is 0 Å². The second kappa shape index (κ2) is 10.7. The number of halogens is 1. The van der Waals surface area contributed by atoms with Gasteiger partial charge in [-0.1, -0.05) is 35.9 Å². The number of thioether (sulfide) groups is 1. The van der Waals surface area contributed by atoms with Crippen LogP contribution >= 0.6 is 23.4 Å². The van der Waals surface area contributed by atoms with Crippen molar-refractivity contribution in [2.45, 2.75) is 37.5 Å². The fourth-order valence-corrected chi connectivity index (χ4v) is 4.31. The summed E-state index contributed by atoms with van der Waals surface area (Å²) in [5.74, 6) is 0.996. The molecule has 0 radical (unpaired) electrons. The summed E-state index contributed by atoms with van der Waals surface area (Å²) in [4.78, 5) is 16.9. The van der Waals surface area contributed by atoms with Crippen LogP contribution in [-0.4, -0.2) is 28.7 Å². The summed E-state index contributed by atoms with van der Waals surface area (Å²) in [6.07, 6.45) is 6.49. The lowest BCUT2D eigenvalue weighted by Gasteiger charge is -2.23. The lowest BCUT2D eigenvalue weighted by molar-refractivity contribution is -0.139. The number of benzene rings is 1. The van der Waals surface area contributed by atoms with E-state index in [9.17, 15) is 4.79 Å². The third-order valence-electron chi connectivity index (χ3n) is 4.47. The van der Waals surface area contributed by atoms with E-state index in [2.05, 4.69) is 4.98 Å². The lowest BCUT2D eigenvalue weighted by atomic mass is 9.98. The molecular weight excluding hydrogens is 382 g/mol. The summed E-state index contributed by atoms with van der Waals surface area (Å²) in [5, 5.41) is 0.451. The first kappa shape index (κ1) is 20.2. The van der Waals surface area contributed by atoms with Gasteiger partial charge >= 0.3 is 5.97 Å². The number of aromatic nitrogens is 1. The summed E-state index contributed by atoms with van der Waals surface area (Å²) < 4.78 is 11.4. The highest BCUT2D eigenvalue weighted by molar-refractivity contribution is 7.99. The first-order valence-electron chi connectivity index (χ1n) is 9.31. The third kappa shape index (κ3) is 6.83. The maximum Gasteiger partial charge on any atom is 0.314 e. The Balaban J connectivity index is 1.59. The Morgan fingerprint density at radius 1 is 1.26 bits per heavy atom. The van der Waals surface area contributed by atoms with Crippen molar-refractivity contribution in [3.05, 3.63) is 59.4 Å². The Labute approximate surface area is 169 Å². The van der Waals surface area contributed by atoms with E-state index >= 15 is 0 Å². The highest BCUT2D eigenvalue weighted by Crippen LogP contribution is 2.26. The maximum absolute atomic E-state index is 12.8. The number of nitrogens with zero attached hydrogens (tertiary/aromatic N) is 1. The first-order valence-corrected chi connectivity index (χ1v) is 10.7. The summed E-state index contributed by atoms with van der Waals surface area (Å²) in [6.45, 7) is 0.841. The van der Waals surface area contributed by atoms with E-state index in [1.165, 1.54) is 6.42 Å². The predicted molar refractivity (Wildman–Crippen MR) is 109 cm³/mol. The SMILES string of the molecule is O=C(Oc1ccccc1)C(CCSC1CCCCO1)Cc1ccc(Cl)nc1. The van der Waals surface area contributed by atoms with Crippen LogP contribution in [0.25, 0.3) is 0 Å². The number of hydrogen-bond donors (Lipinski definition) is 0. The van der Waals surface area contributed by atoms with Crippen LogP contribution < -0.4 is 4.74 Å². The Hall–Kier alpha value is -1.56.